The summed E-state index contributed by atoms with van der Waals surface area (Å²) in [6, 6.07) is 0. The summed E-state index contributed by atoms with van der Waals surface area (Å²) in [7, 11) is 0. The summed E-state index contributed by atoms with van der Waals surface area (Å²) in [4.78, 5) is 7.74. The normalized spacial score (nSPS) is 4.50. The van der Waals surface area contributed by atoms with Gasteiger partial charge in [0.1, 0.15) is 0 Å². The average molecular weight is 96.0 g/mol. The molecule has 0 atom stereocenters. The Labute approximate surface area is 57.7 Å². The minimum Gasteiger partial charge on any atom is -1.00 e. The molecule has 0 saturated carbocycles. The molecule has 0 spiro atoms. The van der Waals surface area contributed by atoms with Crippen LogP contribution in [0, 0.1) is 21.6 Å². The molecular weight excluding hydrogens is 95.0 g/mol. The molecule has 0 saturated heterocycles. The third-order valence-electron chi connectivity index (χ3n) is 0.0816. The van der Waals surface area contributed by atoms with Gasteiger partial charge in [0.15, 0.2) is 5.26 Å². The summed E-state index contributed by atoms with van der Waals surface area (Å²) in [5.74, 6) is 0. The quantitative estimate of drug-likeness (QED) is 0.105. The molecule has 0 unspecified atom stereocenters. The van der Waals surface area contributed by atoms with Crippen molar-refractivity contribution >= 4 is 0 Å². The Bertz CT molecular complexity index is 88.2. The monoisotopic (exact) mass is 96.0 g/mol. The van der Waals surface area contributed by atoms with E-state index in [1.165, 1.54) is 0 Å². The maximum absolute atomic E-state index is 8.81. The Balaban J connectivity index is -0.0000000800. The topological polar surface area (TPSA) is 66.9 Å². The van der Waals surface area contributed by atoms with Crippen LogP contribution in [-0.2, 0) is 0 Å². The van der Waals surface area contributed by atoms with Gasteiger partial charge in [0, 0.05) is 4.92 Å². The smallest absolute Gasteiger partial charge is 1.00 e. The number of nitro groups is 1. The molecule has 0 aromatic rings. The van der Waals surface area contributed by atoms with Crippen LogP contribution in [0.4, 0.5) is 0 Å². The average Bonchev–Trinajstić information content (AvgIpc) is 1.38. The molecule has 0 aromatic heterocycles. The fourth-order valence-electron chi connectivity index (χ4n) is 0. The summed E-state index contributed by atoms with van der Waals surface area (Å²) >= 11 is 0. The third-order valence-corrected chi connectivity index (χ3v) is 0.0816. The fourth-order valence-corrected chi connectivity index (χ4v) is 0. The van der Waals surface area contributed by atoms with Gasteiger partial charge in [0.05, 0.1) is 0 Å². The van der Waals surface area contributed by atoms with Gasteiger partial charge in [0.2, 0.25) is 0 Å². The van der Waals surface area contributed by atoms with Crippen molar-refractivity contribution < 1.29 is 35.9 Å². The molecule has 0 heterocycles. The van der Waals surface area contributed by atoms with E-state index in [1.807, 2.05) is 0 Å². The minimum atomic E-state index is -1.07. The zero-order valence-electron chi connectivity index (χ0n) is 4.21. The van der Waals surface area contributed by atoms with Crippen LogP contribution < -0.4 is 29.6 Å². The van der Waals surface area contributed by atoms with Crippen LogP contribution in [-0.4, -0.2) is 4.92 Å². The van der Waals surface area contributed by atoms with Crippen molar-refractivity contribution in [1.82, 2.24) is 0 Å². The third kappa shape index (κ3) is 9.10. The van der Waals surface area contributed by atoms with Gasteiger partial charge < -0.3 is 11.5 Å². The van der Waals surface area contributed by atoms with Crippen LogP contribution >= 0.6 is 0 Å². The summed E-state index contributed by atoms with van der Waals surface area (Å²) in [5, 5.41) is 16.0. The molecule has 0 radical (unpaired) electrons. The molecule has 0 aliphatic carbocycles. The van der Waals surface area contributed by atoms with E-state index in [0.29, 0.717) is 0 Å². The Morgan fingerprint density at radius 1 is 2.00 bits per heavy atom. The van der Waals surface area contributed by atoms with Crippen molar-refractivity contribution in [2.24, 2.45) is 0 Å². The van der Waals surface area contributed by atoms with Gasteiger partial charge in [0.25, 0.3) is 0 Å². The van der Waals surface area contributed by atoms with Crippen molar-refractivity contribution in [3.05, 3.63) is 10.1 Å². The van der Waals surface area contributed by atoms with Crippen molar-refractivity contribution in [1.29, 1.82) is 5.26 Å². The maximum Gasteiger partial charge on any atom is 1.00 e. The van der Waals surface area contributed by atoms with Crippen LogP contribution in [0.5, 0.6) is 0 Å². The molecule has 5 heteroatoms. The van der Waals surface area contributed by atoms with Gasteiger partial charge in [-0.2, -0.15) is 0 Å². The van der Waals surface area contributed by atoms with Gasteiger partial charge in [-0.1, -0.05) is 0 Å². The second kappa shape index (κ2) is 4.89. The van der Waals surface area contributed by atoms with Crippen molar-refractivity contribution in [2.75, 3.05) is 0 Å². The van der Waals surface area contributed by atoms with Crippen LogP contribution in [0.25, 0.3) is 0 Å². The molecule has 0 amide bonds. The summed E-state index contributed by atoms with van der Waals surface area (Å²) < 4.78 is 0. The number of nitriles is 1. The fraction of sp³-hybridized carbons (Fsp3) is 0. The molecular formula is CHN2NaO2. The standard InChI is InChI=1S/CN2O2.Na.H/c2-1-3(4)5;;/q;+1;-1. The van der Waals surface area contributed by atoms with Gasteiger partial charge >= 0.3 is 35.8 Å². The van der Waals surface area contributed by atoms with Crippen molar-refractivity contribution in [2.45, 2.75) is 0 Å². The van der Waals surface area contributed by atoms with Gasteiger partial charge in [-0.25, -0.2) is 0 Å². The van der Waals surface area contributed by atoms with E-state index in [1.54, 1.807) is 0 Å². The van der Waals surface area contributed by atoms with E-state index in [-0.39, 0.29) is 31.0 Å². The van der Waals surface area contributed by atoms with Crippen LogP contribution in [0.15, 0.2) is 0 Å². The van der Waals surface area contributed by atoms with Gasteiger partial charge in [-0.15, -0.1) is 0 Å². The molecule has 0 rings (SSSR count). The molecule has 0 N–H and O–H groups in total. The summed E-state index contributed by atoms with van der Waals surface area (Å²) in [6.07, 6.45) is 0.750. The Morgan fingerprint density at radius 3 is 2.17 bits per heavy atom. The largest absolute Gasteiger partial charge is 1.00 e. The van der Waals surface area contributed by atoms with E-state index in [0.717, 1.165) is 6.19 Å². The maximum atomic E-state index is 8.81. The van der Waals surface area contributed by atoms with E-state index in [9.17, 15) is 0 Å². The first-order valence-corrected chi connectivity index (χ1v) is 0.812. The van der Waals surface area contributed by atoms with Gasteiger partial charge in [-0.3, -0.25) is 0 Å². The van der Waals surface area contributed by atoms with Crippen molar-refractivity contribution in [3.63, 3.8) is 0 Å². The molecule has 0 bridgehead atoms. The molecule has 0 fully saturated rings. The molecule has 0 aromatic carbocycles. The second-order valence-corrected chi connectivity index (χ2v) is 0.357. The summed E-state index contributed by atoms with van der Waals surface area (Å²) in [5.41, 5.74) is 0. The van der Waals surface area contributed by atoms with E-state index in [2.05, 4.69) is 0 Å². The number of nitrogens with zero attached hydrogens (tertiary/aromatic N) is 2. The Kier molecular flexibility index (Phi) is 7.59. The number of hydrogen-bond acceptors (Lipinski definition) is 3. The van der Waals surface area contributed by atoms with Crippen LogP contribution in [0.2, 0.25) is 0 Å². The predicted octanol–water partition coefficient (Wildman–Crippen LogP) is -3.14. The first-order valence-electron chi connectivity index (χ1n) is 0.812. The first-order chi connectivity index (χ1) is 2.27. The van der Waals surface area contributed by atoms with E-state index in [4.69, 9.17) is 15.4 Å². The molecule has 0 aliphatic heterocycles. The zero-order chi connectivity index (χ0) is 4.28. The van der Waals surface area contributed by atoms with E-state index >= 15 is 0 Å². The number of rotatable bonds is 0. The van der Waals surface area contributed by atoms with Crippen LogP contribution in [0.3, 0.4) is 0 Å². The SMILES string of the molecule is N#C[N+](=O)[O-].[H-].[Na+]. The second-order valence-electron chi connectivity index (χ2n) is 0.357. The van der Waals surface area contributed by atoms with Gasteiger partial charge in [-0.05, 0) is 0 Å². The predicted molar refractivity (Wildman–Crippen MR) is 13.7 cm³/mol. The van der Waals surface area contributed by atoms with Crippen LogP contribution in [0.1, 0.15) is 1.43 Å². The summed E-state index contributed by atoms with van der Waals surface area (Å²) in [6.45, 7) is 0. The van der Waals surface area contributed by atoms with E-state index < -0.39 is 4.92 Å². The van der Waals surface area contributed by atoms with Crippen molar-refractivity contribution in [3.8, 4) is 6.19 Å². The minimum absolute atomic E-state index is 0. The Morgan fingerprint density at radius 2 is 2.17 bits per heavy atom. The first kappa shape index (κ1) is 9.31. The molecule has 4 nitrogen and oxygen atoms in total. The molecule has 6 heavy (non-hydrogen) atoms. The Hall–Kier alpha value is -0.110. The molecule has 28 valence electrons. The zero-order valence-corrected chi connectivity index (χ0v) is 5.21. The molecule has 0 aliphatic rings. The number of hydrogen-bond donors (Lipinski definition) is 0.